The van der Waals surface area contributed by atoms with Crippen LogP contribution in [0.5, 0.6) is 0 Å². The maximum atomic E-state index is 14.8. The average Bonchev–Trinajstić information content (AvgIpc) is 1.57. The number of pyridine rings is 9. The van der Waals surface area contributed by atoms with Crippen molar-refractivity contribution in [3.05, 3.63) is 225 Å². The SMILES string of the molecule is CC(C)Nc1cncc(-c2cnc3n[nH]c(-c4nc5c(-c6cccc(F)c6)cncc5[nH]4)c3c2)c1.CN1CCN(Cc2cc(F)cc(-c3cncc4[nH]c(-c5[nH]nc6ncc(-c7cccnc7)cc56)nc34)c2)CC1.CN1CCN(c2cc(F)cc(-c3cncc4[nH]c(-c5[nH]nc6ncc(-c7cccnc7)cc56)nc34)c2)CC1. The minimum absolute atomic E-state index is 0.266. The summed E-state index contributed by atoms with van der Waals surface area (Å²) in [6.07, 6.45) is 26.4. The van der Waals surface area contributed by atoms with Gasteiger partial charge in [0.25, 0.3) is 0 Å². The summed E-state index contributed by atoms with van der Waals surface area (Å²) in [7, 11) is 4.24. The largest absolute Gasteiger partial charge is 0.382 e. The summed E-state index contributed by atoms with van der Waals surface area (Å²) in [6, 6.07) is 33.0. The summed E-state index contributed by atoms with van der Waals surface area (Å²) >= 11 is 0. The summed E-state index contributed by atoms with van der Waals surface area (Å²) < 4.78 is 43.5. The molecule has 2 aliphatic heterocycles. The molecule has 0 unspecified atom stereocenters. The smallest absolute Gasteiger partial charge is 0.181 e. The lowest BCUT2D eigenvalue weighted by atomic mass is 10.0. The number of H-pyrrole nitrogens is 6. The zero-order valence-electron chi connectivity index (χ0n) is 61.1. The molecule has 0 aliphatic carbocycles. The number of aromatic nitrogens is 21. The molecule has 17 heterocycles. The number of nitrogens with one attached hydrogen (secondary N) is 7. The predicted octanol–water partition coefficient (Wildman–Crippen LogP) is 14.6. The fraction of sp³-hybridized carbons (Fsp3) is 0.169. The van der Waals surface area contributed by atoms with Gasteiger partial charge in [-0.05, 0) is 135 Å². The molecule has 2 fully saturated rings. The molecule has 112 heavy (non-hydrogen) atoms. The number of halogens is 3. The van der Waals surface area contributed by atoms with Crippen LogP contribution in [-0.2, 0) is 6.54 Å². The van der Waals surface area contributed by atoms with Crippen molar-refractivity contribution in [1.82, 2.24) is 120 Å². The molecule has 2 saturated heterocycles. The van der Waals surface area contributed by atoms with Gasteiger partial charge in [-0.3, -0.25) is 50.1 Å². The minimum Gasteiger partial charge on any atom is -0.382 e. The lowest BCUT2D eigenvalue weighted by Crippen LogP contribution is -2.44. The van der Waals surface area contributed by atoms with Crippen LogP contribution in [0.1, 0.15) is 19.4 Å². The Morgan fingerprint density at radius 1 is 0.393 bits per heavy atom. The van der Waals surface area contributed by atoms with E-state index in [1.807, 2.05) is 72.9 Å². The Kier molecular flexibility index (Phi) is 18.7. The quantitative estimate of drug-likeness (QED) is 0.0532. The van der Waals surface area contributed by atoms with Crippen LogP contribution < -0.4 is 10.2 Å². The fourth-order valence-electron chi connectivity index (χ4n) is 14.4. The first-order chi connectivity index (χ1) is 54.8. The van der Waals surface area contributed by atoms with Gasteiger partial charge in [0.15, 0.2) is 34.4 Å². The van der Waals surface area contributed by atoms with E-state index in [0.717, 1.165) is 180 Å². The number of hydrogen-bond donors (Lipinski definition) is 7. The van der Waals surface area contributed by atoms with E-state index in [9.17, 15) is 13.2 Å². The molecule has 3 aromatic carbocycles. The van der Waals surface area contributed by atoms with E-state index in [-0.39, 0.29) is 17.5 Å². The first-order valence-electron chi connectivity index (χ1n) is 36.6. The Labute approximate surface area is 637 Å². The molecule has 29 heteroatoms. The first-order valence-corrected chi connectivity index (χ1v) is 36.6. The minimum atomic E-state index is -0.310. The van der Waals surface area contributed by atoms with Gasteiger partial charge in [-0.2, -0.15) is 15.3 Å². The van der Waals surface area contributed by atoms with Gasteiger partial charge < -0.3 is 35.0 Å². The number of rotatable bonds is 14. The van der Waals surface area contributed by atoms with E-state index in [4.69, 9.17) is 15.0 Å². The number of aromatic amines is 6. The predicted molar refractivity (Wildman–Crippen MR) is 427 cm³/mol. The molecular formula is C83H71F3N26. The molecular weight excluding hydrogens is 1420 g/mol. The zero-order valence-corrected chi connectivity index (χ0v) is 61.1. The van der Waals surface area contributed by atoms with Gasteiger partial charge in [-0.15, -0.1) is 0 Å². The van der Waals surface area contributed by atoms with E-state index in [1.54, 1.807) is 117 Å². The standard InChI is InChI=1S/C29H26FN9.C28H24FN9.C26H21FN8/c1-38-5-7-39(8-6-38)17-18-9-20(11-22(30)10-18)24-15-32-16-25-26(24)35-29(34-25)27-23-12-21(14-33-28(23)37-36-27)19-3-2-4-31-13-19;1-37-5-7-38(8-6-37)21-10-18(9-20(29)12-21)23-15-31-16-24-25(23)34-28(33-24)26-22-11-19(14-32-27(22)36-35-26)17-3-2-4-30-13-17;1-14(2)31-19-7-16(9-28-11-19)17-8-20-24(34-35-25(20)30-10-17)26-32-22-13-29-12-21(23(22)33-26)15-4-3-5-18(27)6-15/h2-4,9-16H,5-8,17H2,1H3,(H,34,35)(H,33,36,37);2-4,9-16H,5-8H2,1H3,(H,33,34)(H,32,35,36);3-14,31H,1-2H3,(H,32,33)(H,30,34,35). The lowest BCUT2D eigenvalue weighted by molar-refractivity contribution is 0.148. The van der Waals surface area contributed by atoms with Crippen LogP contribution in [0.15, 0.2) is 202 Å². The number of benzene rings is 3. The number of likely N-dealkylation sites (N-methyl/N-ethyl adjacent to an activating group) is 2. The molecule has 2 aliphatic rings. The fourth-order valence-corrected chi connectivity index (χ4v) is 14.4. The number of nitrogens with zero attached hydrogens (tertiary/aromatic N) is 19. The summed E-state index contributed by atoms with van der Waals surface area (Å²) in [6.45, 7) is 12.5. The number of fused-ring (bicyclic) bond motifs is 6. The normalized spacial score (nSPS) is 13.7. The number of hydrogen-bond acceptors (Lipinski definition) is 20. The van der Waals surface area contributed by atoms with Gasteiger partial charge in [0.05, 0.1) is 73.5 Å². The van der Waals surface area contributed by atoms with Crippen LogP contribution in [-0.4, -0.2) is 193 Å². The van der Waals surface area contributed by atoms with Crippen molar-refractivity contribution in [2.45, 2.75) is 26.4 Å². The molecule has 0 spiro atoms. The number of piperazine rings is 2. The van der Waals surface area contributed by atoms with Gasteiger partial charge in [0.2, 0.25) is 0 Å². The van der Waals surface area contributed by atoms with Crippen molar-refractivity contribution < 1.29 is 13.2 Å². The van der Waals surface area contributed by atoms with E-state index in [2.05, 4.69) is 143 Å². The third-order valence-corrected chi connectivity index (χ3v) is 20.1. The van der Waals surface area contributed by atoms with Crippen LogP contribution in [0.3, 0.4) is 0 Å². The van der Waals surface area contributed by atoms with Crippen molar-refractivity contribution in [2.24, 2.45) is 0 Å². The van der Waals surface area contributed by atoms with E-state index in [1.165, 1.54) is 12.1 Å². The zero-order chi connectivity index (χ0) is 75.9. The van der Waals surface area contributed by atoms with E-state index < -0.39 is 0 Å². The molecule has 0 saturated carbocycles. The molecule has 0 bridgehead atoms. The lowest BCUT2D eigenvalue weighted by Gasteiger charge is -2.34. The van der Waals surface area contributed by atoms with Crippen molar-refractivity contribution in [2.75, 3.05) is 76.7 Å². The van der Waals surface area contributed by atoms with Crippen molar-refractivity contribution in [3.63, 3.8) is 0 Å². The van der Waals surface area contributed by atoms with Crippen LogP contribution in [0, 0.1) is 17.5 Å². The molecule has 15 aromatic heterocycles. The second-order valence-corrected chi connectivity index (χ2v) is 28.3. The van der Waals surface area contributed by atoms with Crippen LogP contribution in [0.2, 0.25) is 0 Å². The highest BCUT2D eigenvalue weighted by Gasteiger charge is 2.24. The van der Waals surface area contributed by atoms with Gasteiger partial charge in [-0.1, -0.05) is 24.3 Å². The second-order valence-electron chi connectivity index (χ2n) is 28.3. The number of anilines is 2. The van der Waals surface area contributed by atoms with Crippen molar-refractivity contribution in [3.8, 4) is 101 Å². The van der Waals surface area contributed by atoms with E-state index in [0.29, 0.717) is 69.3 Å². The van der Waals surface area contributed by atoms with Crippen LogP contribution in [0.4, 0.5) is 24.5 Å². The Hall–Kier alpha value is -13.9. The molecule has 26 nitrogen and oxygen atoms in total. The Morgan fingerprint density at radius 2 is 0.830 bits per heavy atom. The van der Waals surface area contributed by atoms with E-state index >= 15 is 0 Å². The van der Waals surface area contributed by atoms with Gasteiger partial charge in [0.1, 0.15) is 34.5 Å². The monoisotopic (exact) mass is 1490 g/mol. The molecule has 554 valence electrons. The molecule has 0 amide bonds. The Bertz CT molecular complexity index is 6470. The third kappa shape index (κ3) is 14.4. The molecule has 20 rings (SSSR count). The average molecular weight is 1490 g/mol. The highest BCUT2D eigenvalue weighted by atomic mass is 19.1. The van der Waals surface area contributed by atoms with Crippen LogP contribution >= 0.6 is 0 Å². The summed E-state index contributed by atoms with van der Waals surface area (Å²) in [5.41, 5.74) is 21.2. The second kappa shape index (κ2) is 29.9. The van der Waals surface area contributed by atoms with Gasteiger partial charge >= 0.3 is 0 Å². The Morgan fingerprint density at radius 3 is 1.32 bits per heavy atom. The van der Waals surface area contributed by atoms with Gasteiger partial charge in [0, 0.05) is 195 Å². The summed E-state index contributed by atoms with van der Waals surface area (Å²) in [5.74, 6) is 0.963. The van der Waals surface area contributed by atoms with Gasteiger partial charge in [-0.25, -0.2) is 43.1 Å². The molecule has 0 atom stereocenters. The van der Waals surface area contributed by atoms with Crippen molar-refractivity contribution >= 4 is 77.6 Å². The van der Waals surface area contributed by atoms with Crippen LogP contribution in [0.25, 0.3) is 168 Å². The maximum Gasteiger partial charge on any atom is 0.181 e. The van der Waals surface area contributed by atoms with Crippen molar-refractivity contribution in [1.29, 1.82) is 0 Å². The summed E-state index contributed by atoms with van der Waals surface area (Å²) in [4.78, 5) is 73.4. The highest BCUT2D eigenvalue weighted by molar-refractivity contribution is 6.00. The highest BCUT2D eigenvalue weighted by Crippen LogP contribution is 2.38. The Balaban J connectivity index is 0.000000117. The third-order valence-electron chi connectivity index (χ3n) is 20.1. The molecule has 0 radical (unpaired) electrons. The number of imidazole rings is 3. The maximum absolute atomic E-state index is 14.8. The molecule has 7 N–H and O–H groups in total. The topological polar surface area (TPSA) is 313 Å². The first kappa shape index (κ1) is 69.8. The molecule has 18 aromatic rings. The summed E-state index contributed by atoms with van der Waals surface area (Å²) in [5, 5.41) is 28.2.